The summed E-state index contributed by atoms with van der Waals surface area (Å²) in [6, 6.07) is -0.364. The smallest absolute Gasteiger partial charge is 0.276 e. The monoisotopic (exact) mass is 226 g/mol. The molecule has 2 amide bonds. The standard InChI is InChI=1S/C11H18N2O3/c1-3-7(2)11(16)10(15)13-6-4-5-8(13)9(14)12-11/h7-8,16H,3-6H2,1-2H3,(H,12,14)/t7-,8-,11-/m1/s1. The van der Waals surface area contributed by atoms with Crippen molar-refractivity contribution < 1.29 is 14.7 Å². The minimum atomic E-state index is -1.70. The van der Waals surface area contributed by atoms with Crippen LogP contribution in [0.3, 0.4) is 0 Å². The highest BCUT2D eigenvalue weighted by Gasteiger charge is 2.53. The highest BCUT2D eigenvalue weighted by atomic mass is 16.3. The van der Waals surface area contributed by atoms with Crippen LogP contribution in [0.25, 0.3) is 0 Å². The molecule has 0 aromatic heterocycles. The Kier molecular flexibility index (Phi) is 2.66. The van der Waals surface area contributed by atoms with E-state index in [1.807, 2.05) is 6.92 Å². The first-order valence-electron chi connectivity index (χ1n) is 5.86. The van der Waals surface area contributed by atoms with Crippen LogP contribution in [0, 0.1) is 5.92 Å². The van der Waals surface area contributed by atoms with Gasteiger partial charge in [0, 0.05) is 12.5 Å². The number of nitrogens with one attached hydrogen (secondary N) is 1. The van der Waals surface area contributed by atoms with Gasteiger partial charge in [0.25, 0.3) is 5.91 Å². The molecule has 2 rings (SSSR count). The van der Waals surface area contributed by atoms with Crippen molar-refractivity contribution in [2.24, 2.45) is 5.92 Å². The maximum absolute atomic E-state index is 12.1. The van der Waals surface area contributed by atoms with Crippen LogP contribution in [0.5, 0.6) is 0 Å². The summed E-state index contributed by atoms with van der Waals surface area (Å²) in [4.78, 5) is 25.4. The van der Waals surface area contributed by atoms with E-state index < -0.39 is 5.72 Å². The van der Waals surface area contributed by atoms with Crippen LogP contribution >= 0.6 is 0 Å². The summed E-state index contributed by atoms with van der Waals surface area (Å²) in [6.45, 7) is 4.24. The summed E-state index contributed by atoms with van der Waals surface area (Å²) < 4.78 is 0. The number of hydrogen-bond acceptors (Lipinski definition) is 3. The third-order valence-electron chi connectivity index (χ3n) is 3.78. The second-order valence-corrected chi connectivity index (χ2v) is 4.72. The van der Waals surface area contributed by atoms with Gasteiger partial charge in [0.05, 0.1) is 0 Å². The molecular formula is C11H18N2O3. The fourth-order valence-corrected chi connectivity index (χ4v) is 2.46. The molecule has 2 saturated heterocycles. The predicted molar refractivity (Wildman–Crippen MR) is 57.3 cm³/mol. The van der Waals surface area contributed by atoms with Gasteiger partial charge in [-0.05, 0) is 19.3 Å². The highest BCUT2D eigenvalue weighted by Crippen LogP contribution is 2.30. The Labute approximate surface area is 94.8 Å². The molecule has 0 aromatic rings. The largest absolute Gasteiger partial charge is 0.363 e. The summed E-state index contributed by atoms with van der Waals surface area (Å²) in [6.07, 6.45) is 2.18. The lowest BCUT2D eigenvalue weighted by Gasteiger charge is -2.42. The zero-order valence-corrected chi connectivity index (χ0v) is 9.69. The van der Waals surface area contributed by atoms with E-state index in [0.29, 0.717) is 19.4 Å². The quantitative estimate of drug-likeness (QED) is 0.687. The zero-order valence-electron chi connectivity index (χ0n) is 9.69. The van der Waals surface area contributed by atoms with Gasteiger partial charge in [-0.2, -0.15) is 0 Å². The Morgan fingerprint density at radius 1 is 1.62 bits per heavy atom. The molecule has 0 aromatic carbocycles. The van der Waals surface area contributed by atoms with Crippen LogP contribution < -0.4 is 5.32 Å². The van der Waals surface area contributed by atoms with Gasteiger partial charge in [0.1, 0.15) is 6.04 Å². The Balaban J connectivity index is 2.29. The SMILES string of the molecule is CC[C@@H](C)[C@]1(O)NC(=O)[C@H]2CCCN2C1=O. The van der Waals surface area contributed by atoms with Crippen molar-refractivity contribution >= 4 is 11.8 Å². The maximum Gasteiger partial charge on any atom is 0.276 e. The molecule has 0 spiro atoms. The van der Waals surface area contributed by atoms with E-state index in [2.05, 4.69) is 5.32 Å². The Morgan fingerprint density at radius 2 is 2.31 bits per heavy atom. The first-order chi connectivity index (χ1) is 7.50. The van der Waals surface area contributed by atoms with Gasteiger partial charge in [-0.25, -0.2) is 0 Å². The van der Waals surface area contributed by atoms with E-state index in [9.17, 15) is 14.7 Å². The first-order valence-corrected chi connectivity index (χ1v) is 5.86. The van der Waals surface area contributed by atoms with E-state index in [-0.39, 0.29) is 23.8 Å². The molecule has 3 atom stereocenters. The normalized spacial score (nSPS) is 35.9. The Bertz CT molecular complexity index is 331. The second kappa shape index (κ2) is 3.73. The molecule has 16 heavy (non-hydrogen) atoms. The van der Waals surface area contributed by atoms with Gasteiger partial charge < -0.3 is 15.3 Å². The molecule has 5 heteroatoms. The molecule has 2 aliphatic heterocycles. The summed E-state index contributed by atoms with van der Waals surface area (Å²) in [5.41, 5.74) is -1.70. The summed E-state index contributed by atoms with van der Waals surface area (Å²) >= 11 is 0. The topological polar surface area (TPSA) is 69.6 Å². The molecule has 2 aliphatic rings. The lowest BCUT2D eigenvalue weighted by atomic mass is 9.90. The number of rotatable bonds is 2. The molecule has 2 fully saturated rings. The van der Waals surface area contributed by atoms with Crippen LogP contribution in [0.15, 0.2) is 0 Å². The maximum atomic E-state index is 12.1. The molecule has 5 nitrogen and oxygen atoms in total. The summed E-state index contributed by atoms with van der Waals surface area (Å²) in [7, 11) is 0. The van der Waals surface area contributed by atoms with Gasteiger partial charge in [-0.3, -0.25) is 9.59 Å². The lowest BCUT2D eigenvalue weighted by molar-refractivity contribution is -0.177. The molecule has 0 saturated carbocycles. The van der Waals surface area contributed by atoms with Crippen LogP contribution in [0.1, 0.15) is 33.1 Å². The van der Waals surface area contributed by atoms with E-state index in [4.69, 9.17) is 0 Å². The van der Waals surface area contributed by atoms with E-state index in [1.165, 1.54) is 4.90 Å². The number of amides is 2. The molecule has 2 heterocycles. The molecule has 0 unspecified atom stereocenters. The van der Waals surface area contributed by atoms with Crippen molar-refractivity contribution in [3.05, 3.63) is 0 Å². The molecule has 2 N–H and O–H groups in total. The molecular weight excluding hydrogens is 208 g/mol. The molecule has 0 aliphatic carbocycles. The fraction of sp³-hybridized carbons (Fsp3) is 0.818. The van der Waals surface area contributed by atoms with Gasteiger partial charge in [-0.1, -0.05) is 13.8 Å². The third-order valence-corrected chi connectivity index (χ3v) is 3.78. The lowest BCUT2D eigenvalue weighted by Crippen LogP contribution is -2.71. The number of hydrogen-bond donors (Lipinski definition) is 2. The average molecular weight is 226 g/mol. The number of carbonyl (C=O) groups excluding carboxylic acids is 2. The van der Waals surface area contributed by atoms with E-state index >= 15 is 0 Å². The minimum absolute atomic E-state index is 0.222. The Hall–Kier alpha value is -1.10. The van der Waals surface area contributed by atoms with E-state index in [1.54, 1.807) is 6.92 Å². The highest BCUT2D eigenvalue weighted by molar-refractivity contribution is 5.99. The van der Waals surface area contributed by atoms with Gasteiger partial charge in [0.2, 0.25) is 11.6 Å². The van der Waals surface area contributed by atoms with Crippen molar-refractivity contribution in [1.82, 2.24) is 10.2 Å². The van der Waals surface area contributed by atoms with Crippen molar-refractivity contribution in [1.29, 1.82) is 0 Å². The molecule has 90 valence electrons. The third kappa shape index (κ3) is 1.42. The number of piperazine rings is 1. The average Bonchev–Trinajstić information content (AvgIpc) is 2.74. The number of carbonyl (C=O) groups is 2. The van der Waals surface area contributed by atoms with Crippen molar-refractivity contribution in [2.45, 2.75) is 44.9 Å². The van der Waals surface area contributed by atoms with Crippen molar-refractivity contribution in [3.63, 3.8) is 0 Å². The van der Waals surface area contributed by atoms with Crippen molar-refractivity contribution in [3.8, 4) is 0 Å². The molecule has 0 bridgehead atoms. The van der Waals surface area contributed by atoms with Crippen LogP contribution in [0.4, 0.5) is 0 Å². The van der Waals surface area contributed by atoms with E-state index in [0.717, 1.165) is 6.42 Å². The number of aliphatic hydroxyl groups is 1. The Morgan fingerprint density at radius 3 is 2.94 bits per heavy atom. The summed E-state index contributed by atoms with van der Waals surface area (Å²) in [5, 5.41) is 12.8. The fourth-order valence-electron chi connectivity index (χ4n) is 2.46. The second-order valence-electron chi connectivity index (χ2n) is 4.72. The van der Waals surface area contributed by atoms with Crippen LogP contribution in [-0.4, -0.2) is 40.1 Å². The summed E-state index contributed by atoms with van der Waals surface area (Å²) in [5.74, 6) is -0.839. The van der Waals surface area contributed by atoms with Gasteiger partial charge >= 0.3 is 0 Å². The van der Waals surface area contributed by atoms with Crippen LogP contribution in [0.2, 0.25) is 0 Å². The van der Waals surface area contributed by atoms with Crippen molar-refractivity contribution in [2.75, 3.05) is 6.54 Å². The van der Waals surface area contributed by atoms with Gasteiger partial charge in [0.15, 0.2) is 0 Å². The van der Waals surface area contributed by atoms with Crippen LogP contribution in [-0.2, 0) is 9.59 Å². The van der Waals surface area contributed by atoms with Gasteiger partial charge in [-0.15, -0.1) is 0 Å². The first kappa shape index (κ1) is 11.4. The molecule has 0 radical (unpaired) electrons. The predicted octanol–water partition coefficient (Wildman–Crippen LogP) is -0.158. The number of fused-ring (bicyclic) bond motifs is 1. The number of nitrogens with zero attached hydrogens (tertiary/aromatic N) is 1. The minimum Gasteiger partial charge on any atom is -0.363 e. The zero-order chi connectivity index (χ0) is 11.9.